The molecule has 0 spiro atoms. The number of nitrogens with zero attached hydrogens (tertiary/aromatic N) is 5. The van der Waals surface area contributed by atoms with E-state index < -0.39 is 0 Å². The predicted molar refractivity (Wildman–Crippen MR) is 86.5 cm³/mol. The van der Waals surface area contributed by atoms with Gasteiger partial charge in [0.25, 0.3) is 0 Å². The Kier molecular flexibility index (Phi) is 2.84. The molecule has 7 heteroatoms. The molecule has 23 heavy (non-hydrogen) atoms. The molecule has 0 aliphatic heterocycles. The Labute approximate surface area is 131 Å². The van der Waals surface area contributed by atoms with Gasteiger partial charge in [0, 0.05) is 18.3 Å². The van der Waals surface area contributed by atoms with E-state index in [1.54, 1.807) is 17.0 Å². The lowest BCUT2D eigenvalue weighted by Crippen LogP contribution is -2.03. The number of hydrogen-bond donors (Lipinski definition) is 1. The second kappa shape index (κ2) is 4.77. The average molecular weight is 310 g/mol. The molecule has 3 aromatic heterocycles. The first kappa shape index (κ1) is 13.7. The number of anilines is 1. The third kappa shape index (κ3) is 1.97. The maximum Gasteiger partial charge on any atom is 0.238 e. The number of aromatic nitrogens is 5. The normalized spacial score (nSPS) is 11.6. The fourth-order valence-electron chi connectivity index (χ4n) is 2.98. The zero-order valence-electron chi connectivity index (χ0n) is 12.8. The van der Waals surface area contributed by atoms with Gasteiger partial charge in [-0.05, 0) is 37.6 Å². The largest absolute Gasteiger partial charge is 0.367 e. The van der Waals surface area contributed by atoms with E-state index in [1.807, 2.05) is 30.5 Å². The number of benzene rings is 1. The van der Waals surface area contributed by atoms with Crippen LogP contribution < -0.4 is 5.73 Å². The third-order valence-corrected chi connectivity index (χ3v) is 4.03. The molecule has 0 unspecified atom stereocenters. The van der Waals surface area contributed by atoms with Crippen LogP contribution in [0, 0.1) is 12.7 Å². The van der Waals surface area contributed by atoms with E-state index in [1.165, 1.54) is 6.07 Å². The fourth-order valence-corrected chi connectivity index (χ4v) is 2.98. The maximum atomic E-state index is 14.4. The average Bonchev–Trinajstić information content (AvgIpc) is 3.10. The molecular formula is C16H15FN6. The van der Waals surface area contributed by atoms with Crippen molar-refractivity contribution in [2.24, 2.45) is 0 Å². The number of halogens is 1. The zero-order valence-corrected chi connectivity index (χ0v) is 12.8. The summed E-state index contributed by atoms with van der Waals surface area (Å²) in [4.78, 5) is 8.35. The molecule has 0 radical (unpaired) electrons. The SMILES string of the molecule is CCn1cnc2c(F)cc(-c3ccn4nc(N)nc(C)c34)cc21. The first-order chi connectivity index (χ1) is 11.1. The van der Waals surface area contributed by atoms with Crippen molar-refractivity contribution in [3.63, 3.8) is 0 Å². The minimum Gasteiger partial charge on any atom is -0.367 e. The van der Waals surface area contributed by atoms with Gasteiger partial charge >= 0.3 is 0 Å². The van der Waals surface area contributed by atoms with Crippen molar-refractivity contribution >= 4 is 22.5 Å². The quantitative estimate of drug-likeness (QED) is 0.618. The first-order valence-electron chi connectivity index (χ1n) is 7.34. The second-order valence-electron chi connectivity index (χ2n) is 5.43. The molecule has 116 valence electrons. The van der Waals surface area contributed by atoms with Crippen molar-refractivity contribution in [2.45, 2.75) is 20.4 Å². The summed E-state index contributed by atoms with van der Waals surface area (Å²) in [5.41, 5.74) is 10.0. The summed E-state index contributed by atoms with van der Waals surface area (Å²) in [5, 5.41) is 4.16. The molecule has 0 fully saturated rings. The Morgan fingerprint density at radius 3 is 2.91 bits per heavy atom. The third-order valence-electron chi connectivity index (χ3n) is 4.03. The number of nitrogens with two attached hydrogens (primary N) is 1. The van der Waals surface area contributed by atoms with Crippen LogP contribution in [-0.2, 0) is 6.54 Å². The lowest BCUT2D eigenvalue weighted by atomic mass is 10.1. The smallest absolute Gasteiger partial charge is 0.238 e. The molecule has 4 aromatic rings. The van der Waals surface area contributed by atoms with Crippen LogP contribution in [0.25, 0.3) is 27.7 Å². The summed E-state index contributed by atoms with van der Waals surface area (Å²) in [6, 6.07) is 5.34. The van der Waals surface area contributed by atoms with Gasteiger partial charge in [-0.25, -0.2) is 18.9 Å². The Morgan fingerprint density at radius 1 is 1.30 bits per heavy atom. The van der Waals surface area contributed by atoms with Crippen molar-refractivity contribution in [3.05, 3.63) is 42.2 Å². The summed E-state index contributed by atoms with van der Waals surface area (Å²) in [5.74, 6) is -0.124. The van der Waals surface area contributed by atoms with Crippen molar-refractivity contribution in [2.75, 3.05) is 5.73 Å². The lowest BCUT2D eigenvalue weighted by molar-refractivity contribution is 0.637. The molecule has 0 aliphatic rings. The Hall–Kier alpha value is -2.96. The highest BCUT2D eigenvalue weighted by molar-refractivity contribution is 5.88. The van der Waals surface area contributed by atoms with Gasteiger partial charge in [-0.2, -0.15) is 0 Å². The van der Waals surface area contributed by atoms with Crippen LogP contribution in [-0.4, -0.2) is 24.1 Å². The van der Waals surface area contributed by atoms with E-state index in [0.29, 0.717) is 5.52 Å². The fraction of sp³-hybridized carbons (Fsp3) is 0.188. The Balaban J connectivity index is 2.03. The molecule has 1 aromatic carbocycles. The number of hydrogen-bond acceptors (Lipinski definition) is 4. The van der Waals surface area contributed by atoms with Crippen molar-refractivity contribution in [3.8, 4) is 11.1 Å². The van der Waals surface area contributed by atoms with Crippen molar-refractivity contribution in [1.29, 1.82) is 0 Å². The first-order valence-corrected chi connectivity index (χ1v) is 7.34. The highest BCUT2D eigenvalue weighted by Crippen LogP contribution is 2.31. The van der Waals surface area contributed by atoms with Crippen LogP contribution in [0.2, 0.25) is 0 Å². The van der Waals surface area contributed by atoms with Gasteiger partial charge in [0.15, 0.2) is 5.82 Å². The molecule has 0 atom stereocenters. The molecule has 6 nitrogen and oxygen atoms in total. The van der Waals surface area contributed by atoms with E-state index in [2.05, 4.69) is 15.1 Å². The summed E-state index contributed by atoms with van der Waals surface area (Å²) < 4.78 is 18.0. The van der Waals surface area contributed by atoms with Gasteiger partial charge < -0.3 is 10.3 Å². The predicted octanol–water partition coefficient (Wildman–Crippen LogP) is 2.80. The summed E-state index contributed by atoms with van der Waals surface area (Å²) in [6.07, 6.45) is 3.46. The molecular weight excluding hydrogens is 295 g/mol. The second-order valence-corrected chi connectivity index (χ2v) is 5.43. The molecule has 0 aliphatic carbocycles. The molecule has 0 saturated carbocycles. The van der Waals surface area contributed by atoms with Gasteiger partial charge in [-0.1, -0.05) is 0 Å². The summed E-state index contributed by atoms with van der Waals surface area (Å²) >= 11 is 0. The van der Waals surface area contributed by atoms with Gasteiger partial charge in [-0.3, -0.25) is 0 Å². The standard InChI is InChI=1S/C16H15FN6/c1-3-22-8-19-14-12(17)6-10(7-13(14)22)11-4-5-23-15(11)9(2)20-16(18)21-23/h4-8H,3H2,1-2H3,(H2,18,21). The van der Waals surface area contributed by atoms with Crippen LogP contribution in [0.1, 0.15) is 12.6 Å². The minimum atomic E-state index is -0.335. The Bertz CT molecular complexity index is 1050. The summed E-state index contributed by atoms with van der Waals surface area (Å²) in [6.45, 7) is 4.59. The van der Waals surface area contributed by atoms with Gasteiger partial charge in [0.05, 0.1) is 23.1 Å². The highest BCUT2D eigenvalue weighted by Gasteiger charge is 2.15. The molecule has 4 rings (SSSR count). The molecule has 3 heterocycles. The number of aryl methyl sites for hydroxylation is 2. The number of imidazole rings is 1. The minimum absolute atomic E-state index is 0.211. The van der Waals surface area contributed by atoms with E-state index in [9.17, 15) is 4.39 Å². The van der Waals surface area contributed by atoms with E-state index >= 15 is 0 Å². The van der Waals surface area contributed by atoms with Crippen molar-refractivity contribution in [1.82, 2.24) is 24.1 Å². The van der Waals surface area contributed by atoms with Gasteiger partial charge in [0.2, 0.25) is 5.95 Å². The maximum absolute atomic E-state index is 14.4. The zero-order chi connectivity index (χ0) is 16.1. The van der Waals surface area contributed by atoms with Gasteiger partial charge in [0.1, 0.15) is 5.52 Å². The lowest BCUT2D eigenvalue weighted by Gasteiger charge is -2.06. The van der Waals surface area contributed by atoms with Gasteiger partial charge in [-0.15, -0.1) is 5.10 Å². The topological polar surface area (TPSA) is 74.0 Å². The van der Waals surface area contributed by atoms with Crippen LogP contribution in [0.5, 0.6) is 0 Å². The molecule has 0 saturated heterocycles. The van der Waals surface area contributed by atoms with Crippen LogP contribution in [0.15, 0.2) is 30.7 Å². The van der Waals surface area contributed by atoms with E-state index in [-0.39, 0.29) is 11.8 Å². The van der Waals surface area contributed by atoms with E-state index in [4.69, 9.17) is 5.73 Å². The number of fused-ring (bicyclic) bond motifs is 2. The number of rotatable bonds is 2. The summed E-state index contributed by atoms with van der Waals surface area (Å²) in [7, 11) is 0. The molecule has 0 amide bonds. The van der Waals surface area contributed by atoms with Crippen molar-refractivity contribution < 1.29 is 4.39 Å². The highest BCUT2D eigenvalue weighted by atomic mass is 19.1. The van der Waals surface area contributed by atoms with E-state index in [0.717, 1.165) is 34.4 Å². The molecule has 2 N–H and O–H groups in total. The number of nitrogen functional groups attached to an aromatic ring is 1. The Morgan fingerprint density at radius 2 is 2.13 bits per heavy atom. The van der Waals surface area contributed by atoms with Crippen LogP contribution >= 0.6 is 0 Å². The monoisotopic (exact) mass is 310 g/mol. The van der Waals surface area contributed by atoms with Crippen LogP contribution in [0.3, 0.4) is 0 Å². The van der Waals surface area contributed by atoms with Crippen LogP contribution in [0.4, 0.5) is 10.3 Å². The molecule has 0 bridgehead atoms.